The van der Waals surface area contributed by atoms with E-state index in [1.165, 1.54) is 4.90 Å². The molecule has 0 bridgehead atoms. The fraction of sp³-hybridized carbons (Fsp3) is 0.154. The highest BCUT2D eigenvalue weighted by atomic mass is 35.5. The third kappa shape index (κ3) is 2.76. The normalized spacial score (nSPS) is 22.3. The second-order valence-corrected chi connectivity index (χ2v) is 9.23. The zero-order valence-corrected chi connectivity index (χ0v) is 18.4. The SMILES string of the molecule is O=C1C2CC(c3ccc(Cl)cc3Cl)c3[nH]c4ccccc4c3C2C(=O)N1c1ccccc1. The number of rotatable bonds is 2. The van der Waals surface area contributed by atoms with E-state index in [9.17, 15) is 9.59 Å². The van der Waals surface area contributed by atoms with Crippen molar-refractivity contribution >= 4 is 51.6 Å². The number of para-hydroxylation sites is 2. The van der Waals surface area contributed by atoms with Crippen molar-refractivity contribution in [1.29, 1.82) is 0 Å². The Morgan fingerprint density at radius 1 is 0.875 bits per heavy atom. The fourth-order valence-corrected chi connectivity index (χ4v) is 5.89. The van der Waals surface area contributed by atoms with Crippen LogP contribution in [0.1, 0.15) is 35.1 Å². The zero-order chi connectivity index (χ0) is 22.0. The van der Waals surface area contributed by atoms with E-state index in [-0.39, 0.29) is 17.7 Å². The van der Waals surface area contributed by atoms with Crippen LogP contribution < -0.4 is 4.90 Å². The number of nitrogens with one attached hydrogen (secondary N) is 1. The highest BCUT2D eigenvalue weighted by molar-refractivity contribution is 6.35. The van der Waals surface area contributed by atoms with Crippen molar-refractivity contribution in [1.82, 2.24) is 4.98 Å². The molecule has 3 unspecified atom stereocenters. The average molecular weight is 461 g/mol. The number of halogens is 2. The highest BCUT2D eigenvalue weighted by Gasteiger charge is 2.54. The molecule has 2 amide bonds. The number of aromatic nitrogens is 1. The number of hydrogen-bond acceptors (Lipinski definition) is 2. The maximum Gasteiger partial charge on any atom is 0.242 e. The summed E-state index contributed by atoms with van der Waals surface area (Å²) in [5.74, 6) is -1.44. The van der Waals surface area contributed by atoms with E-state index in [0.29, 0.717) is 22.2 Å². The lowest BCUT2D eigenvalue weighted by Crippen LogP contribution is -2.30. The van der Waals surface area contributed by atoms with Gasteiger partial charge in [0.2, 0.25) is 11.8 Å². The fourth-order valence-electron chi connectivity index (χ4n) is 5.35. The van der Waals surface area contributed by atoms with Crippen LogP contribution in [0.25, 0.3) is 10.9 Å². The summed E-state index contributed by atoms with van der Waals surface area (Å²) in [6, 6.07) is 22.5. The number of aromatic amines is 1. The van der Waals surface area contributed by atoms with Crippen LogP contribution in [0.4, 0.5) is 5.69 Å². The van der Waals surface area contributed by atoms with E-state index >= 15 is 0 Å². The molecule has 6 rings (SSSR count). The van der Waals surface area contributed by atoms with Crippen LogP contribution in [-0.2, 0) is 9.59 Å². The van der Waals surface area contributed by atoms with Gasteiger partial charge < -0.3 is 4.98 Å². The minimum atomic E-state index is -0.517. The topological polar surface area (TPSA) is 53.2 Å². The first-order valence-corrected chi connectivity index (χ1v) is 11.3. The van der Waals surface area contributed by atoms with Crippen molar-refractivity contribution in [3.05, 3.63) is 99.7 Å². The smallest absolute Gasteiger partial charge is 0.242 e. The van der Waals surface area contributed by atoms with Gasteiger partial charge in [-0.05, 0) is 47.9 Å². The second kappa shape index (κ2) is 7.22. The van der Waals surface area contributed by atoms with E-state index in [1.54, 1.807) is 18.2 Å². The Morgan fingerprint density at radius 3 is 2.41 bits per heavy atom. The summed E-state index contributed by atoms with van der Waals surface area (Å²) in [5.41, 5.74) is 4.32. The van der Waals surface area contributed by atoms with Gasteiger partial charge in [-0.3, -0.25) is 9.59 Å². The molecule has 1 N–H and O–H groups in total. The summed E-state index contributed by atoms with van der Waals surface area (Å²) in [6.07, 6.45) is 0.500. The Labute approximate surface area is 194 Å². The minimum absolute atomic E-state index is 0.143. The number of hydrogen-bond donors (Lipinski definition) is 1. The maximum atomic E-state index is 13.7. The van der Waals surface area contributed by atoms with Crippen molar-refractivity contribution in [3.63, 3.8) is 0 Å². The number of imide groups is 1. The Kier molecular flexibility index (Phi) is 4.42. The summed E-state index contributed by atoms with van der Waals surface area (Å²) in [5, 5.41) is 2.09. The molecule has 3 aromatic carbocycles. The lowest BCUT2D eigenvalue weighted by Gasteiger charge is -2.30. The molecule has 4 nitrogen and oxygen atoms in total. The van der Waals surface area contributed by atoms with E-state index in [0.717, 1.165) is 27.7 Å². The van der Waals surface area contributed by atoms with E-state index < -0.39 is 11.8 Å². The van der Waals surface area contributed by atoms with Gasteiger partial charge in [-0.2, -0.15) is 0 Å². The molecule has 1 aromatic heterocycles. The van der Waals surface area contributed by atoms with Crippen LogP contribution in [-0.4, -0.2) is 16.8 Å². The molecule has 3 atom stereocenters. The van der Waals surface area contributed by atoms with Gasteiger partial charge in [0.05, 0.1) is 17.5 Å². The molecular weight excluding hydrogens is 443 g/mol. The molecule has 32 heavy (non-hydrogen) atoms. The van der Waals surface area contributed by atoms with Gasteiger partial charge in [0.25, 0.3) is 0 Å². The largest absolute Gasteiger partial charge is 0.358 e. The molecule has 0 saturated carbocycles. The van der Waals surface area contributed by atoms with Gasteiger partial charge >= 0.3 is 0 Å². The monoisotopic (exact) mass is 460 g/mol. The zero-order valence-electron chi connectivity index (χ0n) is 16.9. The molecule has 1 aliphatic heterocycles. The van der Waals surface area contributed by atoms with Gasteiger partial charge in [-0.1, -0.05) is 65.7 Å². The van der Waals surface area contributed by atoms with Gasteiger partial charge in [0.15, 0.2) is 0 Å². The number of carbonyl (C=O) groups is 2. The van der Waals surface area contributed by atoms with Crippen LogP contribution in [0, 0.1) is 5.92 Å². The maximum absolute atomic E-state index is 13.7. The molecule has 0 spiro atoms. The predicted octanol–water partition coefficient (Wildman–Crippen LogP) is 6.28. The van der Waals surface area contributed by atoms with E-state index in [1.807, 2.05) is 54.6 Å². The average Bonchev–Trinajstić information content (AvgIpc) is 3.29. The first-order chi connectivity index (χ1) is 15.5. The van der Waals surface area contributed by atoms with Crippen LogP contribution in [0.2, 0.25) is 10.0 Å². The molecule has 1 aliphatic carbocycles. The molecule has 6 heteroatoms. The number of H-pyrrole nitrogens is 1. The van der Waals surface area contributed by atoms with Gasteiger partial charge in [-0.15, -0.1) is 0 Å². The number of benzene rings is 3. The van der Waals surface area contributed by atoms with E-state index in [4.69, 9.17) is 23.2 Å². The van der Waals surface area contributed by atoms with Crippen molar-refractivity contribution in [2.75, 3.05) is 4.90 Å². The molecular formula is C26H18Cl2N2O2. The molecule has 1 saturated heterocycles. The summed E-state index contributed by atoms with van der Waals surface area (Å²) in [6.45, 7) is 0. The highest BCUT2D eigenvalue weighted by Crippen LogP contribution is 2.53. The number of carbonyl (C=O) groups excluding carboxylic acids is 2. The third-order valence-corrected chi connectivity index (χ3v) is 7.27. The summed E-state index contributed by atoms with van der Waals surface area (Å²) in [7, 11) is 0. The van der Waals surface area contributed by atoms with Crippen LogP contribution in [0.5, 0.6) is 0 Å². The summed E-state index contributed by atoms with van der Waals surface area (Å²) < 4.78 is 0. The van der Waals surface area contributed by atoms with Crippen molar-refractivity contribution in [3.8, 4) is 0 Å². The van der Waals surface area contributed by atoms with Gasteiger partial charge in [0, 0.05) is 32.6 Å². The molecule has 158 valence electrons. The van der Waals surface area contributed by atoms with Gasteiger partial charge in [0.1, 0.15) is 0 Å². The Bertz CT molecular complexity index is 1400. The number of anilines is 1. The molecule has 0 radical (unpaired) electrons. The van der Waals surface area contributed by atoms with Gasteiger partial charge in [-0.25, -0.2) is 4.90 Å². The summed E-state index contributed by atoms with van der Waals surface area (Å²) >= 11 is 12.7. The molecule has 2 aliphatic rings. The van der Waals surface area contributed by atoms with Crippen molar-refractivity contribution < 1.29 is 9.59 Å². The quantitative estimate of drug-likeness (QED) is 0.357. The lowest BCUT2D eigenvalue weighted by molar-refractivity contribution is -0.122. The number of nitrogens with zero attached hydrogens (tertiary/aromatic N) is 1. The van der Waals surface area contributed by atoms with Crippen molar-refractivity contribution in [2.45, 2.75) is 18.3 Å². The number of amides is 2. The first kappa shape index (κ1) is 19.6. The van der Waals surface area contributed by atoms with Crippen LogP contribution in [0.3, 0.4) is 0 Å². The van der Waals surface area contributed by atoms with Crippen molar-refractivity contribution in [2.24, 2.45) is 5.92 Å². The van der Waals surface area contributed by atoms with Crippen LogP contribution >= 0.6 is 23.2 Å². The molecule has 1 fully saturated rings. The lowest BCUT2D eigenvalue weighted by atomic mass is 9.71. The van der Waals surface area contributed by atoms with E-state index in [2.05, 4.69) is 4.98 Å². The first-order valence-electron chi connectivity index (χ1n) is 10.5. The molecule has 2 heterocycles. The Morgan fingerprint density at radius 2 is 1.62 bits per heavy atom. The minimum Gasteiger partial charge on any atom is -0.358 e. The second-order valence-electron chi connectivity index (χ2n) is 8.38. The standard InChI is InChI=1S/C26H18Cl2N2O2/c27-14-10-11-16(20(28)12-14)18-13-19-23(22-17-8-4-5-9-21(17)29-24(18)22)26(32)30(25(19)31)15-6-2-1-3-7-15/h1-12,18-19,23,29H,13H2. The summed E-state index contributed by atoms with van der Waals surface area (Å²) in [4.78, 5) is 32.1. The number of fused-ring (bicyclic) bond motifs is 5. The Balaban J connectivity index is 1.57. The third-order valence-electron chi connectivity index (χ3n) is 6.70. The molecule has 4 aromatic rings. The predicted molar refractivity (Wildman–Crippen MR) is 126 cm³/mol. The van der Waals surface area contributed by atoms with Crippen LogP contribution in [0.15, 0.2) is 72.8 Å². The Hall–Kier alpha value is -3.08.